The zero-order valence-corrected chi connectivity index (χ0v) is 5.98. The van der Waals surface area contributed by atoms with Crippen LogP contribution in [-0.2, 0) is 9.53 Å². The second-order valence-corrected chi connectivity index (χ2v) is 2.01. The molecule has 0 aliphatic rings. The van der Waals surface area contributed by atoms with Crippen LogP contribution in [0, 0.1) is 0 Å². The number of carbonyl (C=O) groups is 1. The van der Waals surface area contributed by atoms with Crippen molar-refractivity contribution in [2.24, 2.45) is 0 Å². The topological polar surface area (TPSA) is 59.7 Å². The van der Waals surface area contributed by atoms with Crippen LogP contribution < -0.4 is 0 Å². The lowest BCUT2D eigenvalue weighted by atomic mass is 10.2. The maximum Gasteiger partial charge on any atom is 0.337 e. The molecule has 0 radical (unpaired) electrons. The van der Waals surface area contributed by atoms with Gasteiger partial charge in [-0.2, -0.15) is 0 Å². The highest BCUT2D eigenvalue weighted by molar-refractivity contribution is 5.74. The molecule has 0 spiro atoms. The van der Waals surface area contributed by atoms with Crippen molar-refractivity contribution in [3.63, 3.8) is 0 Å². The van der Waals surface area contributed by atoms with E-state index in [4.69, 9.17) is 14.3 Å². The molecule has 60 valence electrons. The molecular formula is C7H8O4. The Kier molecular flexibility index (Phi) is 2.28. The Morgan fingerprint density at radius 1 is 1.82 bits per heavy atom. The first-order valence-electron chi connectivity index (χ1n) is 3.03. The van der Waals surface area contributed by atoms with E-state index < -0.39 is 12.1 Å². The number of hydrogen-bond acceptors (Lipinski definition) is 3. The van der Waals surface area contributed by atoms with E-state index in [2.05, 4.69) is 0 Å². The van der Waals surface area contributed by atoms with Crippen molar-refractivity contribution < 1.29 is 19.1 Å². The minimum absolute atomic E-state index is 0.514. The van der Waals surface area contributed by atoms with Crippen LogP contribution >= 0.6 is 0 Å². The molecular weight excluding hydrogens is 148 g/mol. The average molecular weight is 156 g/mol. The van der Waals surface area contributed by atoms with Crippen molar-refractivity contribution in [3.05, 3.63) is 24.2 Å². The third-order valence-electron chi connectivity index (χ3n) is 1.31. The summed E-state index contributed by atoms with van der Waals surface area (Å²) in [7, 11) is 1.34. The summed E-state index contributed by atoms with van der Waals surface area (Å²) in [5.74, 6) is -1.02. The van der Waals surface area contributed by atoms with Gasteiger partial charge in [0.15, 0.2) is 6.10 Å². The molecule has 4 nitrogen and oxygen atoms in total. The molecule has 0 amide bonds. The minimum atomic E-state index is -1.02. The Morgan fingerprint density at radius 2 is 2.55 bits per heavy atom. The van der Waals surface area contributed by atoms with Gasteiger partial charge in [0.05, 0.1) is 12.5 Å². The van der Waals surface area contributed by atoms with E-state index in [-0.39, 0.29) is 0 Å². The summed E-state index contributed by atoms with van der Waals surface area (Å²) in [6.07, 6.45) is 1.83. The molecule has 1 N–H and O–H groups in total. The normalized spacial score (nSPS) is 12.8. The van der Waals surface area contributed by atoms with Gasteiger partial charge in [-0.15, -0.1) is 0 Å². The van der Waals surface area contributed by atoms with Gasteiger partial charge in [-0.3, -0.25) is 0 Å². The number of rotatable bonds is 3. The van der Waals surface area contributed by atoms with E-state index in [1.807, 2.05) is 0 Å². The van der Waals surface area contributed by atoms with E-state index in [1.54, 1.807) is 6.07 Å². The van der Waals surface area contributed by atoms with E-state index in [9.17, 15) is 4.79 Å². The number of ether oxygens (including phenoxy) is 1. The maximum absolute atomic E-state index is 10.5. The van der Waals surface area contributed by atoms with Crippen LogP contribution in [0.4, 0.5) is 0 Å². The first kappa shape index (κ1) is 7.81. The Balaban J connectivity index is 2.79. The van der Waals surface area contributed by atoms with E-state index >= 15 is 0 Å². The monoisotopic (exact) mass is 156 g/mol. The van der Waals surface area contributed by atoms with Gasteiger partial charge >= 0.3 is 5.97 Å². The van der Waals surface area contributed by atoms with Gasteiger partial charge in [-0.25, -0.2) is 4.79 Å². The second-order valence-electron chi connectivity index (χ2n) is 2.01. The third-order valence-corrected chi connectivity index (χ3v) is 1.31. The number of carboxylic acid groups (broad SMARTS) is 1. The summed E-state index contributed by atoms with van der Waals surface area (Å²) in [6, 6.07) is 1.56. The highest BCUT2D eigenvalue weighted by Gasteiger charge is 2.19. The average Bonchev–Trinajstić information content (AvgIpc) is 2.40. The standard InChI is InChI=1S/C7H8O4/c1-10-6(7(8)9)5-2-3-11-4-5/h2-4,6H,1H3,(H,8,9)/t6-/m0/s1. The smallest absolute Gasteiger partial charge is 0.337 e. The van der Waals surface area contributed by atoms with Crippen molar-refractivity contribution in [2.75, 3.05) is 7.11 Å². The maximum atomic E-state index is 10.5. The summed E-state index contributed by atoms with van der Waals surface area (Å²) in [4.78, 5) is 10.5. The molecule has 0 aliphatic carbocycles. The van der Waals surface area contributed by atoms with Crippen LogP contribution in [0.2, 0.25) is 0 Å². The zero-order chi connectivity index (χ0) is 8.27. The lowest BCUT2D eigenvalue weighted by Gasteiger charge is -2.05. The van der Waals surface area contributed by atoms with E-state index in [0.29, 0.717) is 5.56 Å². The van der Waals surface area contributed by atoms with Crippen LogP contribution in [0.25, 0.3) is 0 Å². The zero-order valence-electron chi connectivity index (χ0n) is 5.98. The molecule has 0 saturated heterocycles. The molecule has 1 heterocycles. The van der Waals surface area contributed by atoms with Crippen molar-refractivity contribution >= 4 is 5.97 Å². The first-order valence-corrected chi connectivity index (χ1v) is 3.03. The van der Waals surface area contributed by atoms with Crippen molar-refractivity contribution in [1.82, 2.24) is 0 Å². The molecule has 11 heavy (non-hydrogen) atoms. The van der Waals surface area contributed by atoms with Gasteiger partial charge < -0.3 is 14.3 Å². The number of carboxylic acids is 1. The fourth-order valence-electron chi connectivity index (χ4n) is 0.804. The Morgan fingerprint density at radius 3 is 2.91 bits per heavy atom. The summed E-state index contributed by atoms with van der Waals surface area (Å²) < 4.78 is 9.40. The molecule has 0 aromatic carbocycles. The number of furan rings is 1. The first-order chi connectivity index (χ1) is 5.25. The Bertz CT molecular complexity index is 227. The molecule has 0 bridgehead atoms. The highest BCUT2D eigenvalue weighted by Crippen LogP contribution is 2.16. The summed E-state index contributed by atoms with van der Waals surface area (Å²) >= 11 is 0. The number of hydrogen-bond donors (Lipinski definition) is 1. The lowest BCUT2D eigenvalue weighted by molar-refractivity contribution is -0.148. The molecule has 0 aliphatic heterocycles. The van der Waals surface area contributed by atoms with Gasteiger partial charge in [0, 0.05) is 12.7 Å². The van der Waals surface area contributed by atoms with E-state index in [1.165, 1.54) is 19.6 Å². The van der Waals surface area contributed by atoms with Crippen molar-refractivity contribution in [1.29, 1.82) is 0 Å². The largest absolute Gasteiger partial charge is 0.479 e. The quantitative estimate of drug-likeness (QED) is 0.710. The molecule has 1 aromatic rings. The van der Waals surface area contributed by atoms with Crippen molar-refractivity contribution in [2.45, 2.75) is 6.10 Å². The molecule has 0 saturated carbocycles. The summed E-state index contributed by atoms with van der Waals surface area (Å²) in [6.45, 7) is 0. The summed E-state index contributed by atoms with van der Waals surface area (Å²) in [5, 5.41) is 8.58. The van der Waals surface area contributed by atoms with Gasteiger partial charge in [0.2, 0.25) is 0 Å². The molecule has 4 heteroatoms. The van der Waals surface area contributed by atoms with Crippen LogP contribution in [0.15, 0.2) is 23.0 Å². The van der Waals surface area contributed by atoms with Crippen LogP contribution in [0.3, 0.4) is 0 Å². The molecule has 1 aromatic heterocycles. The van der Waals surface area contributed by atoms with Gasteiger partial charge in [0.1, 0.15) is 0 Å². The minimum Gasteiger partial charge on any atom is -0.479 e. The highest BCUT2D eigenvalue weighted by atomic mass is 16.5. The van der Waals surface area contributed by atoms with Gasteiger partial charge in [-0.1, -0.05) is 0 Å². The van der Waals surface area contributed by atoms with Crippen LogP contribution in [0.1, 0.15) is 11.7 Å². The molecule has 1 atom stereocenters. The molecule has 0 unspecified atom stereocenters. The Hall–Kier alpha value is -1.29. The summed E-state index contributed by atoms with van der Waals surface area (Å²) in [5.41, 5.74) is 0.514. The Labute approximate surface area is 63.4 Å². The number of methoxy groups -OCH3 is 1. The fraction of sp³-hybridized carbons (Fsp3) is 0.286. The SMILES string of the molecule is CO[C@H](C(=O)O)c1ccoc1. The number of aliphatic carboxylic acids is 1. The van der Waals surface area contributed by atoms with Gasteiger partial charge in [-0.05, 0) is 6.07 Å². The van der Waals surface area contributed by atoms with E-state index in [0.717, 1.165) is 0 Å². The molecule has 1 rings (SSSR count). The van der Waals surface area contributed by atoms with Gasteiger partial charge in [0.25, 0.3) is 0 Å². The lowest BCUT2D eigenvalue weighted by Crippen LogP contribution is -2.12. The fourth-order valence-corrected chi connectivity index (χ4v) is 0.804. The third kappa shape index (κ3) is 1.59. The van der Waals surface area contributed by atoms with Crippen LogP contribution in [-0.4, -0.2) is 18.2 Å². The molecule has 0 fully saturated rings. The second kappa shape index (κ2) is 3.21. The van der Waals surface area contributed by atoms with Crippen molar-refractivity contribution in [3.8, 4) is 0 Å². The van der Waals surface area contributed by atoms with Crippen LogP contribution in [0.5, 0.6) is 0 Å². The predicted molar refractivity (Wildman–Crippen MR) is 36.1 cm³/mol. The predicted octanol–water partition coefficient (Wildman–Crippen LogP) is 1.05.